The van der Waals surface area contributed by atoms with Crippen molar-refractivity contribution in [1.82, 2.24) is 9.88 Å². The normalized spacial score (nSPS) is 10.3. The molecule has 0 aliphatic carbocycles. The molecule has 20 heavy (non-hydrogen) atoms. The van der Waals surface area contributed by atoms with Crippen LogP contribution in [0.2, 0.25) is 0 Å². The van der Waals surface area contributed by atoms with Crippen LogP contribution in [0.15, 0.2) is 48.8 Å². The van der Waals surface area contributed by atoms with E-state index in [9.17, 15) is 4.79 Å². The zero-order valence-electron chi connectivity index (χ0n) is 11.4. The molecule has 2 aromatic rings. The van der Waals surface area contributed by atoms with Gasteiger partial charge in [0.1, 0.15) is 0 Å². The van der Waals surface area contributed by atoms with Gasteiger partial charge in [-0.25, -0.2) is 0 Å². The average Bonchev–Trinajstić information content (AvgIpc) is 2.53. The Labute approximate surface area is 124 Å². The average molecular weight is 289 g/mol. The Morgan fingerprint density at radius 1 is 1.20 bits per heavy atom. The van der Waals surface area contributed by atoms with E-state index in [0.29, 0.717) is 18.0 Å². The zero-order chi connectivity index (χ0) is 14.4. The van der Waals surface area contributed by atoms with Crippen molar-refractivity contribution in [2.45, 2.75) is 12.3 Å². The number of amides is 1. The molecule has 0 unspecified atom stereocenters. The van der Waals surface area contributed by atoms with E-state index in [1.165, 1.54) is 5.56 Å². The van der Waals surface area contributed by atoms with E-state index in [2.05, 4.69) is 4.98 Å². The van der Waals surface area contributed by atoms with Gasteiger partial charge in [0.05, 0.1) is 0 Å². The number of hydrogen-bond acceptors (Lipinski definition) is 2. The van der Waals surface area contributed by atoms with Gasteiger partial charge in [-0.1, -0.05) is 12.1 Å². The lowest BCUT2D eigenvalue weighted by atomic mass is 10.1. The van der Waals surface area contributed by atoms with Gasteiger partial charge >= 0.3 is 0 Å². The van der Waals surface area contributed by atoms with Gasteiger partial charge < -0.3 is 4.90 Å². The molecule has 0 saturated carbocycles. The maximum Gasteiger partial charge on any atom is 0.253 e. The predicted octanol–water partition coefficient (Wildman–Crippen LogP) is 3.14. The minimum absolute atomic E-state index is 0.0195. The lowest BCUT2D eigenvalue weighted by Crippen LogP contribution is -2.28. The van der Waals surface area contributed by atoms with E-state index in [1.54, 1.807) is 17.3 Å². The quantitative estimate of drug-likeness (QED) is 0.792. The number of pyridine rings is 1. The third-order valence-electron chi connectivity index (χ3n) is 3.16. The number of likely N-dealkylation sites (N-methyl/N-ethyl adjacent to an activating group) is 1. The molecule has 0 aliphatic heterocycles. The molecule has 0 bridgehead atoms. The van der Waals surface area contributed by atoms with Gasteiger partial charge in [-0.3, -0.25) is 9.78 Å². The summed E-state index contributed by atoms with van der Waals surface area (Å²) in [5, 5.41) is 0. The molecule has 0 atom stereocenters. The molecule has 0 fully saturated rings. The fraction of sp³-hybridized carbons (Fsp3) is 0.250. The van der Waals surface area contributed by atoms with Gasteiger partial charge in [-0.05, 0) is 41.8 Å². The van der Waals surface area contributed by atoms with Gasteiger partial charge in [0, 0.05) is 37.4 Å². The first kappa shape index (κ1) is 14.5. The topological polar surface area (TPSA) is 33.2 Å². The van der Waals surface area contributed by atoms with E-state index < -0.39 is 0 Å². The molecule has 0 aliphatic rings. The molecular weight excluding hydrogens is 272 g/mol. The summed E-state index contributed by atoms with van der Waals surface area (Å²) >= 11 is 5.79. The second-order valence-electron chi connectivity index (χ2n) is 4.67. The summed E-state index contributed by atoms with van der Waals surface area (Å²) in [5.74, 6) is 0.438. The van der Waals surface area contributed by atoms with Crippen LogP contribution in [0.5, 0.6) is 0 Å². The molecule has 1 heterocycles. The van der Waals surface area contributed by atoms with E-state index in [1.807, 2.05) is 43.4 Å². The van der Waals surface area contributed by atoms with Gasteiger partial charge in [-0.15, -0.1) is 11.6 Å². The molecule has 0 spiro atoms. The predicted molar refractivity (Wildman–Crippen MR) is 80.9 cm³/mol. The number of carbonyl (C=O) groups is 1. The van der Waals surface area contributed by atoms with E-state index in [4.69, 9.17) is 11.6 Å². The highest BCUT2D eigenvalue weighted by atomic mass is 35.5. The van der Waals surface area contributed by atoms with Crippen molar-refractivity contribution in [2.75, 3.05) is 13.6 Å². The lowest BCUT2D eigenvalue weighted by Gasteiger charge is -2.17. The first-order valence-corrected chi connectivity index (χ1v) is 7.03. The number of aromatic nitrogens is 1. The molecule has 1 aromatic carbocycles. The largest absolute Gasteiger partial charge is 0.341 e. The van der Waals surface area contributed by atoms with Gasteiger partial charge in [-0.2, -0.15) is 0 Å². The molecule has 0 radical (unpaired) electrons. The van der Waals surface area contributed by atoms with Gasteiger partial charge in [0.15, 0.2) is 0 Å². The molecule has 4 heteroatoms. The monoisotopic (exact) mass is 288 g/mol. The fourth-order valence-electron chi connectivity index (χ4n) is 1.96. The van der Waals surface area contributed by atoms with Gasteiger partial charge in [0.25, 0.3) is 5.91 Å². The van der Waals surface area contributed by atoms with Crippen LogP contribution < -0.4 is 0 Å². The Morgan fingerprint density at radius 3 is 2.65 bits per heavy atom. The Kier molecular flexibility index (Phi) is 5.13. The number of halogens is 1. The first-order chi connectivity index (χ1) is 9.70. The minimum atomic E-state index is 0.0195. The van der Waals surface area contributed by atoms with Crippen LogP contribution in [0.1, 0.15) is 21.5 Å². The summed E-state index contributed by atoms with van der Waals surface area (Å²) in [6.07, 6.45) is 4.35. The number of nitrogens with zero attached hydrogens (tertiary/aromatic N) is 2. The highest BCUT2D eigenvalue weighted by Crippen LogP contribution is 2.10. The van der Waals surface area contributed by atoms with Crippen molar-refractivity contribution >= 4 is 17.5 Å². The van der Waals surface area contributed by atoms with E-state index in [0.717, 1.165) is 12.0 Å². The Hall–Kier alpha value is -1.87. The van der Waals surface area contributed by atoms with Crippen molar-refractivity contribution in [1.29, 1.82) is 0 Å². The van der Waals surface area contributed by atoms with Crippen LogP contribution >= 0.6 is 11.6 Å². The van der Waals surface area contributed by atoms with Crippen molar-refractivity contribution in [2.24, 2.45) is 0 Å². The Balaban J connectivity index is 1.98. The molecule has 0 saturated heterocycles. The van der Waals surface area contributed by atoms with Crippen LogP contribution in [0.25, 0.3) is 0 Å². The van der Waals surface area contributed by atoms with Crippen LogP contribution in [0, 0.1) is 0 Å². The maximum atomic E-state index is 12.3. The second kappa shape index (κ2) is 7.06. The van der Waals surface area contributed by atoms with Crippen LogP contribution in [-0.2, 0) is 12.3 Å². The lowest BCUT2D eigenvalue weighted by molar-refractivity contribution is 0.0796. The summed E-state index contributed by atoms with van der Waals surface area (Å²) < 4.78 is 0. The fourth-order valence-corrected chi connectivity index (χ4v) is 2.12. The van der Waals surface area contributed by atoms with Crippen molar-refractivity contribution in [3.63, 3.8) is 0 Å². The highest BCUT2D eigenvalue weighted by molar-refractivity contribution is 6.17. The summed E-state index contributed by atoms with van der Waals surface area (Å²) in [6.45, 7) is 0.675. The third-order valence-corrected chi connectivity index (χ3v) is 3.47. The van der Waals surface area contributed by atoms with Gasteiger partial charge in [0.2, 0.25) is 0 Å². The van der Waals surface area contributed by atoms with E-state index in [-0.39, 0.29) is 5.91 Å². The van der Waals surface area contributed by atoms with E-state index >= 15 is 0 Å². The number of carbonyl (C=O) groups excluding carboxylic acids is 1. The van der Waals surface area contributed by atoms with Crippen molar-refractivity contribution in [3.05, 3.63) is 65.5 Å². The maximum absolute atomic E-state index is 12.3. The number of rotatable bonds is 5. The number of benzene rings is 1. The molecule has 0 N–H and O–H groups in total. The van der Waals surface area contributed by atoms with Crippen LogP contribution in [0.4, 0.5) is 0 Å². The molecule has 104 valence electrons. The molecule has 3 nitrogen and oxygen atoms in total. The third kappa shape index (κ3) is 3.81. The number of alkyl halides is 1. The zero-order valence-corrected chi connectivity index (χ0v) is 12.2. The SMILES string of the molecule is CN(CCc1ccncc1)C(=O)c1cccc(CCl)c1. The first-order valence-electron chi connectivity index (χ1n) is 6.50. The summed E-state index contributed by atoms with van der Waals surface area (Å²) in [6, 6.07) is 11.4. The molecule has 1 amide bonds. The number of hydrogen-bond donors (Lipinski definition) is 0. The summed E-state index contributed by atoms with van der Waals surface area (Å²) in [7, 11) is 1.82. The molecule has 2 rings (SSSR count). The molecule has 1 aromatic heterocycles. The molecular formula is C16H17ClN2O. The Bertz CT molecular complexity index is 572. The highest BCUT2D eigenvalue weighted by Gasteiger charge is 2.11. The van der Waals surface area contributed by atoms with Crippen molar-refractivity contribution in [3.8, 4) is 0 Å². The second-order valence-corrected chi connectivity index (χ2v) is 4.93. The minimum Gasteiger partial charge on any atom is -0.341 e. The smallest absolute Gasteiger partial charge is 0.253 e. The van der Waals surface area contributed by atoms with Crippen molar-refractivity contribution < 1.29 is 4.79 Å². The summed E-state index contributed by atoms with van der Waals surface area (Å²) in [5.41, 5.74) is 2.81. The van der Waals surface area contributed by atoms with Crippen LogP contribution in [0.3, 0.4) is 0 Å². The Morgan fingerprint density at radius 2 is 1.95 bits per heavy atom. The standard InChI is InChI=1S/C16H17ClN2O/c1-19(10-7-13-5-8-18-9-6-13)16(20)15-4-2-3-14(11-15)12-17/h2-6,8-9,11H,7,10,12H2,1H3. The van der Waals surface area contributed by atoms with Crippen LogP contribution in [-0.4, -0.2) is 29.4 Å². The summed E-state index contributed by atoms with van der Waals surface area (Å²) in [4.78, 5) is 18.0.